The molecule has 0 amide bonds. The highest BCUT2D eigenvalue weighted by Crippen LogP contribution is 2.13. The number of aromatic nitrogens is 1. The number of thioether (sulfide) groups is 1. The molecule has 0 saturated heterocycles. The summed E-state index contributed by atoms with van der Waals surface area (Å²) >= 11 is 6.95. The van der Waals surface area contributed by atoms with Gasteiger partial charge < -0.3 is 4.42 Å². The first kappa shape index (κ1) is 6.96. The van der Waals surface area contributed by atoms with Gasteiger partial charge in [0.25, 0.3) is 5.22 Å². The standard InChI is InChI=1S/C5H6ClNOS/c6-1-4-9-5-7-2-3-8-5/h2-3H,1,4H2. The summed E-state index contributed by atoms with van der Waals surface area (Å²) in [7, 11) is 0. The lowest BCUT2D eigenvalue weighted by atomic mass is 11.0. The third-order valence-corrected chi connectivity index (χ3v) is 1.98. The Morgan fingerprint density at radius 3 is 3.22 bits per heavy atom. The third-order valence-electron chi connectivity index (χ3n) is 0.712. The van der Waals surface area contributed by atoms with Crippen molar-refractivity contribution in [3.63, 3.8) is 0 Å². The van der Waals surface area contributed by atoms with E-state index in [1.165, 1.54) is 11.8 Å². The van der Waals surface area contributed by atoms with Crippen molar-refractivity contribution < 1.29 is 4.42 Å². The fraction of sp³-hybridized carbons (Fsp3) is 0.400. The van der Waals surface area contributed by atoms with Crippen LogP contribution >= 0.6 is 23.4 Å². The first-order valence-corrected chi connectivity index (χ1v) is 4.04. The number of halogens is 1. The fourth-order valence-electron chi connectivity index (χ4n) is 0.408. The molecule has 4 heteroatoms. The Kier molecular flexibility index (Phi) is 2.94. The Balaban J connectivity index is 2.30. The highest BCUT2D eigenvalue weighted by atomic mass is 35.5. The predicted octanol–water partition coefficient (Wildman–Crippen LogP) is 2.01. The number of nitrogens with zero attached hydrogens (tertiary/aromatic N) is 1. The molecule has 0 spiro atoms. The van der Waals surface area contributed by atoms with Gasteiger partial charge in [0.1, 0.15) is 6.26 Å². The van der Waals surface area contributed by atoms with E-state index in [-0.39, 0.29) is 0 Å². The van der Waals surface area contributed by atoms with Gasteiger partial charge in [-0.25, -0.2) is 4.98 Å². The molecule has 2 nitrogen and oxygen atoms in total. The molecule has 0 unspecified atom stereocenters. The monoisotopic (exact) mass is 163 g/mol. The van der Waals surface area contributed by atoms with E-state index in [2.05, 4.69) is 4.98 Å². The summed E-state index contributed by atoms with van der Waals surface area (Å²) in [6.07, 6.45) is 3.17. The lowest BCUT2D eigenvalue weighted by Crippen LogP contribution is -1.77. The van der Waals surface area contributed by atoms with E-state index in [4.69, 9.17) is 16.0 Å². The van der Waals surface area contributed by atoms with Crippen LogP contribution in [-0.4, -0.2) is 16.6 Å². The highest BCUT2D eigenvalue weighted by molar-refractivity contribution is 7.99. The zero-order valence-corrected chi connectivity index (χ0v) is 6.28. The van der Waals surface area contributed by atoms with Gasteiger partial charge in [0.2, 0.25) is 0 Å². The molecule has 0 fully saturated rings. The summed E-state index contributed by atoms with van der Waals surface area (Å²) in [6.45, 7) is 0. The third kappa shape index (κ3) is 2.28. The van der Waals surface area contributed by atoms with Gasteiger partial charge in [-0.3, -0.25) is 0 Å². The van der Waals surface area contributed by atoms with E-state index < -0.39 is 0 Å². The summed E-state index contributed by atoms with van der Waals surface area (Å²) in [6, 6.07) is 0. The SMILES string of the molecule is ClCCSc1ncco1. The molecule has 0 radical (unpaired) electrons. The van der Waals surface area contributed by atoms with E-state index in [9.17, 15) is 0 Å². The van der Waals surface area contributed by atoms with Gasteiger partial charge in [-0.05, 0) is 0 Å². The molecule has 0 aliphatic rings. The quantitative estimate of drug-likeness (QED) is 0.504. The number of hydrogen-bond acceptors (Lipinski definition) is 3. The van der Waals surface area contributed by atoms with E-state index in [0.29, 0.717) is 11.1 Å². The number of rotatable bonds is 3. The van der Waals surface area contributed by atoms with Gasteiger partial charge in [0.15, 0.2) is 0 Å². The van der Waals surface area contributed by atoms with Crippen LogP contribution in [-0.2, 0) is 0 Å². The van der Waals surface area contributed by atoms with E-state index in [1.54, 1.807) is 12.5 Å². The normalized spacial score (nSPS) is 9.89. The molecule has 9 heavy (non-hydrogen) atoms. The van der Waals surface area contributed by atoms with Crippen LogP contribution in [0.4, 0.5) is 0 Å². The summed E-state index contributed by atoms with van der Waals surface area (Å²) < 4.78 is 4.93. The molecular formula is C5H6ClNOS. The number of hydrogen-bond donors (Lipinski definition) is 0. The van der Waals surface area contributed by atoms with Crippen LogP contribution < -0.4 is 0 Å². The lowest BCUT2D eigenvalue weighted by Gasteiger charge is -1.87. The molecule has 50 valence electrons. The predicted molar refractivity (Wildman–Crippen MR) is 37.9 cm³/mol. The van der Waals surface area contributed by atoms with Gasteiger partial charge in [-0.1, -0.05) is 11.8 Å². The Morgan fingerprint density at radius 1 is 1.78 bits per heavy atom. The second-order valence-electron chi connectivity index (χ2n) is 1.34. The molecule has 0 saturated carbocycles. The topological polar surface area (TPSA) is 26.0 Å². The molecular weight excluding hydrogens is 158 g/mol. The lowest BCUT2D eigenvalue weighted by molar-refractivity contribution is 0.454. The van der Waals surface area contributed by atoms with Crippen molar-refractivity contribution in [2.45, 2.75) is 5.22 Å². The maximum absolute atomic E-state index is 5.43. The van der Waals surface area contributed by atoms with Crippen molar-refractivity contribution in [3.05, 3.63) is 12.5 Å². The average Bonchev–Trinajstić information content (AvgIpc) is 2.34. The molecule has 1 aromatic rings. The van der Waals surface area contributed by atoms with Crippen molar-refractivity contribution in [3.8, 4) is 0 Å². The van der Waals surface area contributed by atoms with E-state index >= 15 is 0 Å². The average molecular weight is 164 g/mol. The molecule has 0 aromatic carbocycles. The highest BCUT2D eigenvalue weighted by Gasteiger charge is 1.94. The van der Waals surface area contributed by atoms with Crippen LogP contribution in [0.15, 0.2) is 22.1 Å². The largest absolute Gasteiger partial charge is 0.440 e. The molecule has 0 bridgehead atoms. The molecule has 0 atom stereocenters. The Labute approximate surface area is 62.6 Å². The van der Waals surface area contributed by atoms with E-state index in [0.717, 1.165) is 5.75 Å². The smallest absolute Gasteiger partial charge is 0.255 e. The van der Waals surface area contributed by atoms with Crippen LogP contribution in [0.5, 0.6) is 0 Å². The molecule has 1 aromatic heterocycles. The Bertz CT molecular complexity index is 154. The maximum atomic E-state index is 5.43. The molecule has 0 aliphatic heterocycles. The van der Waals surface area contributed by atoms with Crippen molar-refractivity contribution in [2.24, 2.45) is 0 Å². The molecule has 1 rings (SSSR count). The summed E-state index contributed by atoms with van der Waals surface area (Å²) in [5.74, 6) is 1.48. The van der Waals surface area contributed by atoms with Gasteiger partial charge in [0, 0.05) is 11.6 Å². The zero-order valence-electron chi connectivity index (χ0n) is 4.71. The fourth-order valence-corrected chi connectivity index (χ4v) is 1.15. The first-order valence-electron chi connectivity index (χ1n) is 2.52. The summed E-state index contributed by atoms with van der Waals surface area (Å²) in [4.78, 5) is 3.89. The van der Waals surface area contributed by atoms with Crippen molar-refractivity contribution in [1.82, 2.24) is 4.98 Å². The van der Waals surface area contributed by atoms with Gasteiger partial charge >= 0.3 is 0 Å². The zero-order chi connectivity index (χ0) is 6.53. The number of alkyl halides is 1. The van der Waals surface area contributed by atoms with Crippen molar-refractivity contribution in [1.29, 1.82) is 0 Å². The Hall–Kier alpha value is -0.150. The van der Waals surface area contributed by atoms with Crippen LogP contribution in [0.25, 0.3) is 0 Å². The van der Waals surface area contributed by atoms with Gasteiger partial charge in [-0.2, -0.15) is 0 Å². The first-order chi connectivity index (χ1) is 4.43. The van der Waals surface area contributed by atoms with Crippen molar-refractivity contribution >= 4 is 23.4 Å². The number of oxazole rings is 1. The van der Waals surface area contributed by atoms with Gasteiger partial charge in [-0.15, -0.1) is 11.6 Å². The van der Waals surface area contributed by atoms with Crippen LogP contribution in [0.2, 0.25) is 0 Å². The van der Waals surface area contributed by atoms with Crippen molar-refractivity contribution in [2.75, 3.05) is 11.6 Å². The summed E-state index contributed by atoms with van der Waals surface area (Å²) in [5, 5.41) is 0.690. The van der Waals surface area contributed by atoms with Crippen LogP contribution in [0, 0.1) is 0 Å². The molecule has 0 N–H and O–H groups in total. The van der Waals surface area contributed by atoms with E-state index in [1.807, 2.05) is 0 Å². The minimum atomic E-state index is 0.632. The molecule has 1 heterocycles. The second kappa shape index (κ2) is 3.80. The van der Waals surface area contributed by atoms with Crippen LogP contribution in [0.1, 0.15) is 0 Å². The minimum Gasteiger partial charge on any atom is -0.440 e. The molecule has 0 aliphatic carbocycles. The van der Waals surface area contributed by atoms with Gasteiger partial charge in [0.05, 0.1) is 6.20 Å². The second-order valence-corrected chi connectivity index (χ2v) is 2.76. The van der Waals surface area contributed by atoms with Crippen LogP contribution in [0.3, 0.4) is 0 Å². The minimum absolute atomic E-state index is 0.632. The Morgan fingerprint density at radius 2 is 2.67 bits per heavy atom. The summed E-state index contributed by atoms with van der Waals surface area (Å²) in [5.41, 5.74) is 0. The maximum Gasteiger partial charge on any atom is 0.255 e.